The van der Waals surface area contributed by atoms with Gasteiger partial charge in [0.1, 0.15) is 0 Å². The summed E-state index contributed by atoms with van der Waals surface area (Å²) in [5, 5.41) is 3.66. The molecule has 0 aromatic carbocycles. The third-order valence-electron chi connectivity index (χ3n) is 3.12. The molecule has 0 heterocycles. The van der Waals surface area contributed by atoms with Crippen LogP contribution >= 0.6 is 11.6 Å². The molecule has 0 aromatic rings. The van der Waals surface area contributed by atoms with Crippen molar-refractivity contribution in [2.24, 2.45) is 0 Å². The van der Waals surface area contributed by atoms with Gasteiger partial charge in [0.2, 0.25) is 0 Å². The number of hydrogen-bond acceptors (Lipinski definition) is 2. The van der Waals surface area contributed by atoms with Crippen LogP contribution in [-0.2, 0) is 4.74 Å². The van der Waals surface area contributed by atoms with Crippen molar-refractivity contribution in [1.29, 1.82) is 0 Å². The molecule has 0 aliphatic heterocycles. The van der Waals surface area contributed by atoms with Crippen LogP contribution in [0.2, 0.25) is 0 Å². The Morgan fingerprint density at radius 3 is 2.57 bits per heavy atom. The van der Waals surface area contributed by atoms with Crippen LogP contribution in [0.4, 0.5) is 0 Å². The van der Waals surface area contributed by atoms with Crippen molar-refractivity contribution in [2.45, 2.75) is 50.6 Å². The Bertz CT molecular complexity index is 157. The van der Waals surface area contributed by atoms with Crippen LogP contribution in [0.1, 0.15) is 39.0 Å². The van der Waals surface area contributed by atoms with E-state index < -0.39 is 0 Å². The van der Waals surface area contributed by atoms with E-state index in [4.69, 9.17) is 16.3 Å². The largest absolute Gasteiger partial charge is 0.385 e. The van der Waals surface area contributed by atoms with Gasteiger partial charge in [-0.3, -0.25) is 0 Å². The summed E-state index contributed by atoms with van der Waals surface area (Å²) < 4.78 is 5.07. The molecule has 0 aromatic heterocycles. The highest BCUT2D eigenvalue weighted by Gasteiger charge is 2.33. The van der Waals surface area contributed by atoms with Gasteiger partial charge in [-0.15, -0.1) is 11.6 Å². The summed E-state index contributed by atoms with van der Waals surface area (Å²) in [5.74, 6) is 0.740. The Kier molecular flexibility index (Phi) is 5.21. The minimum absolute atomic E-state index is 0.217. The highest BCUT2D eigenvalue weighted by molar-refractivity contribution is 6.18. The zero-order chi connectivity index (χ0) is 10.4. The fourth-order valence-electron chi connectivity index (χ4n) is 2.26. The van der Waals surface area contributed by atoms with Gasteiger partial charge in [0.15, 0.2) is 0 Å². The van der Waals surface area contributed by atoms with Crippen LogP contribution in [0.25, 0.3) is 0 Å². The number of hydrogen-bond donors (Lipinski definition) is 1. The number of rotatable bonds is 6. The van der Waals surface area contributed by atoms with Crippen molar-refractivity contribution in [3.8, 4) is 0 Å². The molecule has 1 saturated carbocycles. The van der Waals surface area contributed by atoms with Crippen molar-refractivity contribution < 1.29 is 4.74 Å². The molecule has 0 amide bonds. The maximum Gasteiger partial charge on any atom is 0.0476 e. The highest BCUT2D eigenvalue weighted by Crippen LogP contribution is 2.31. The van der Waals surface area contributed by atoms with E-state index in [0.29, 0.717) is 6.04 Å². The second kappa shape index (κ2) is 5.94. The Morgan fingerprint density at radius 2 is 2.07 bits per heavy atom. The molecule has 0 bridgehead atoms. The van der Waals surface area contributed by atoms with Gasteiger partial charge in [-0.05, 0) is 26.2 Å². The normalized spacial score (nSPS) is 22.5. The molecule has 1 aliphatic rings. The first-order chi connectivity index (χ1) is 6.72. The summed E-state index contributed by atoms with van der Waals surface area (Å²) >= 11 is 6.05. The lowest BCUT2D eigenvalue weighted by molar-refractivity contribution is 0.177. The molecule has 1 atom stereocenters. The summed E-state index contributed by atoms with van der Waals surface area (Å²) in [7, 11) is 1.75. The molecule has 84 valence electrons. The fraction of sp³-hybridized carbons (Fsp3) is 1.00. The SMILES string of the molecule is COCCC(C)NC1(CCl)CCCC1. The third kappa shape index (κ3) is 3.41. The Labute approximate surface area is 92.3 Å². The average Bonchev–Trinajstić information content (AvgIpc) is 2.64. The molecule has 1 unspecified atom stereocenters. The molecule has 1 fully saturated rings. The Morgan fingerprint density at radius 1 is 1.43 bits per heavy atom. The van der Waals surface area contributed by atoms with Crippen molar-refractivity contribution in [3.05, 3.63) is 0 Å². The first-order valence-corrected chi connectivity index (χ1v) is 6.08. The minimum Gasteiger partial charge on any atom is -0.385 e. The van der Waals surface area contributed by atoms with Gasteiger partial charge >= 0.3 is 0 Å². The molecule has 0 spiro atoms. The van der Waals surface area contributed by atoms with Crippen LogP contribution in [0.5, 0.6) is 0 Å². The lowest BCUT2D eigenvalue weighted by Crippen LogP contribution is -2.49. The van der Waals surface area contributed by atoms with Crippen molar-refractivity contribution >= 4 is 11.6 Å². The monoisotopic (exact) mass is 219 g/mol. The number of nitrogens with one attached hydrogen (secondary N) is 1. The Hall–Kier alpha value is 0.210. The summed E-state index contributed by atoms with van der Waals surface area (Å²) in [5.41, 5.74) is 0.217. The lowest BCUT2D eigenvalue weighted by Gasteiger charge is -2.31. The van der Waals surface area contributed by atoms with E-state index in [2.05, 4.69) is 12.2 Å². The molecule has 1 aliphatic carbocycles. The highest BCUT2D eigenvalue weighted by atomic mass is 35.5. The van der Waals surface area contributed by atoms with E-state index in [-0.39, 0.29) is 5.54 Å². The lowest BCUT2D eigenvalue weighted by atomic mass is 9.98. The molecule has 0 radical (unpaired) electrons. The third-order valence-corrected chi connectivity index (χ3v) is 3.64. The fourth-order valence-corrected chi connectivity index (χ4v) is 2.60. The first kappa shape index (κ1) is 12.3. The zero-order valence-corrected chi connectivity index (χ0v) is 10.1. The standard InChI is InChI=1S/C11H22ClNO/c1-10(5-8-14-2)13-11(9-12)6-3-4-7-11/h10,13H,3-9H2,1-2H3. The molecule has 1 rings (SSSR count). The molecule has 2 nitrogen and oxygen atoms in total. The van der Waals surface area contributed by atoms with Gasteiger partial charge in [-0.1, -0.05) is 12.8 Å². The molecule has 1 N–H and O–H groups in total. The summed E-state index contributed by atoms with van der Waals surface area (Å²) in [6.07, 6.45) is 6.16. The quantitative estimate of drug-likeness (QED) is 0.694. The molecule has 3 heteroatoms. The average molecular weight is 220 g/mol. The minimum atomic E-state index is 0.217. The Balaban J connectivity index is 2.32. The van der Waals surface area contributed by atoms with Crippen molar-refractivity contribution in [1.82, 2.24) is 5.32 Å². The molecule has 0 saturated heterocycles. The van der Waals surface area contributed by atoms with Crippen LogP contribution < -0.4 is 5.32 Å². The van der Waals surface area contributed by atoms with Crippen LogP contribution in [0.3, 0.4) is 0 Å². The number of alkyl halides is 1. The summed E-state index contributed by atoms with van der Waals surface area (Å²) in [6.45, 7) is 3.04. The van der Waals surface area contributed by atoms with Gasteiger partial charge < -0.3 is 10.1 Å². The zero-order valence-electron chi connectivity index (χ0n) is 9.31. The van der Waals surface area contributed by atoms with Crippen molar-refractivity contribution in [3.63, 3.8) is 0 Å². The first-order valence-electron chi connectivity index (χ1n) is 5.55. The van der Waals surface area contributed by atoms with E-state index in [1.165, 1.54) is 25.7 Å². The number of halogens is 1. The number of ether oxygens (including phenoxy) is 1. The summed E-state index contributed by atoms with van der Waals surface area (Å²) in [6, 6.07) is 0.506. The van der Waals surface area contributed by atoms with E-state index in [1.54, 1.807) is 7.11 Å². The summed E-state index contributed by atoms with van der Waals surface area (Å²) in [4.78, 5) is 0. The smallest absolute Gasteiger partial charge is 0.0476 e. The number of methoxy groups -OCH3 is 1. The van der Waals surface area contributed by atoms with Crippen LogP contribution in [0.15, 0.2) is 0 Å². The second-order valence-electron chi connectivity index (χ2n) is 4.45. The topological polar surface area (TPSA) is 21.3 Å². The van der Waals surface area contributed by atoms with Gasteiger partial charge in [0, 0.05) is 31.2 Å². The predicted octanol–water partition coefficient (Wildman–Crippen LogP) is 2.55. The van der Waals surface area contributed by atoms with Gasteiger partial charge in [0.05, 0.1) is 0 Å². The van der Waals surface area contributed by atoms with E-state index >= 15 is 0 Å². The van der Waals surface area contributed by atoms with Gasteiger partial charge in [-0.25, -0.2) is 0 Å². The van der Waals surface area contributed by atoms with E-state index in [9.17, 15) is 0 Å². The maximum absolute atomic E-state index is 6.05. The molecular formula is C11H22ClNO. The molecule has 14 heavy (non-hydrogen) atoms. The van der Waals surface area contributed by atoms with Crippen molar-refractivity contribution in [2.75, 3.05) is 19.6 Å². The molecular weight excluding hydrogens is 198 g/mol. The van der Waals surface area contributed by atoms with E-state index in [0.717, 1.165) is 18.9 Å². The van der Waals surface area contributed by atoms with Gasteiger partial charge in [0.25, 0.3) is 0 Å². The van der Waals surface area contributed by atoms with Crippen LogP contribution in [0, 0.1) is 0 Å². The van der Waals surface area contributed by atoms with E-state index in [1.807, 2.05) is 0 Å². The second-order valence-corrected chi connectivity index (χ2v) is 4.72. The van der Waals surface area contributed by atoms with Gasteiger partial charge in [-0.2, -0.15) is 0 Å². The predicted molar refractivity (Wildman–Crippen MR) is 61.0 cm³/mol. The van der Waals surface area contributed by atoms with Crippen LogP contribution in [-0.4, -0.2) is 31.2 Å². The maximum atomic E-state index is 6.05.